The third-order valence-corrected chi connectivity index (χ3v) is 7.74. The van der Waals surface area contributed by atoms with E-state index >= 15 is 0 Å². The van der Waals surface area contributed by atoms with Gasteiger partial charge in [-0.1, -0.05) is 22.7 Å². The molecule has 5 aromatic rings. The first-order chi connectivity index (χ1) is 17.8. The van der Waals surface area contributed by atoms with E-state index in [9.17, 15) is 30.3 Å². The van der Waals surface area contributed by atoms with E-state index in [-0.39, 0.29) is 34.0 Å². The van der Waals surface area contributed by atoms with Crippen LogP contribution < -0.4 is 31.3 Å². The monoisotopic (exact) mass is 610 g/mol. The topological polar surface area (TPSA) is 134 Å². The van der Waals surface area contributed by atoms with Crippen molar-refractivity contribution in [1.82, 2.24) is 0 Å². The highest BCUT2D eigenvalue weighted by atomic mass is 79.9. The van der Waals surface area contributed by atoms with Crippen LogP contribution in [-0.2, 0) is 0 Å². The van der Waals surface area contributed by atoms with Gasteiger partial charge in [-0.15, -0.1) is 4.40 Å². The molecule has 0 N–H and O–H groups in total. The van der Waals surface area contributed by atoms with Crippen molar-refractivity contribution in [2.24, 2.45) is 0 Å². The molecular weight excluding hydrogens is 596 g/mol. The lowest BCUT2D eigenvalue weighted by Crippen LogP contribution is -3.00. The van der Waals surface area contributed by atoms with Gasteiger partial charge in [-0.3, -0.25) is 30.3 Å². The molecule has 0 saturated carbocycles. The second-order valence-corrected chi connectivity index (χ2v) is 10.0. The Morgan fingerprint density at radius 1 is 0.658 bits per heavy atom. The Balaban J connectivity index is 0.00000336. The van der Waals surface area contributed by atoms with Crippen LogP contribution in [0.5, 0.6) is 0 Å². The van der Waals surface area contributed by atoms with Gasteiger partial charge in [-0.2, -0.15) is 0 Å². The summed E-state index contributed by atoms with van der Waals surface area (Å²) in [5, 5.41) is 35.9. The van der Waals surface area contributed by atoms with Crippen LogP contribution in [0.2, 0.25) is 0 Å². The number of hydrogen-bond donors (Lipinski definition) is 0. The molecule has 3 aromatic carbocycles. The molecule has 0 aliphatic heterocycles. The molecule has 0 aliphatic rings. The maximum atomic E-state index is 11.1. The first kappa shape index (κ1) is 26.7. The predicted molar refractivity (Wildman–Crippen MR) is 140 cm³/mol. The Morgan fingerprint density at radius 3 is 1.58 bits per heavy atom. The average Bonchev–Trinajstić information content (AvgIpc) is 3.44. The minimum absolute atomic E-state index is 0. The lowest BCUT2D eigenvalue weighted by atomic mass is 10.1. The molecule has 0 saturated heterocycles. The van der Waals surface area contributed by atoms with E-state index in [1.807, 2.05) is 21.9 Å². The SMILES string of the molecule is O=[N+]([O-])c1ccc(/C=c2\sc3scc(-c4ccc([N+](=O)[O-])cc4)[n+]3\c2=C/c2ccc([N+](=O)[O-])cc2)cc1.[Br-]. The highest BCUT2D eigenvalue weighted by molar-refractivity contribution is 7.34. The van der Waals surface area contributed by atoms with E-state index in [1.54, 1.807) is 36.4 Å². The smallest absolute Gasteiger partial charge is 0.326 e. The maximum absolute atomic E-state index is 11.1. The first-order valence-corrected chi connectivity index (χ1v) is 12.4. The number of hydrogen-bond acceptors (Lipinski definition) is 8. The number of aromatic nitrogens is 1. The standard InChI is InChI=1S/C25H15N4O6S2.BrH/c30-27(31)19-7-1-16(2-8-19)13-22-24(14-17-3-9-20(10-4-17)28(32)33)37-25-26(22)23(15-36-25)18-5-11-21(12-6-18)29(34)35;/h1-15H;1H/q+1;/p-1/b22-13-,24-14-;. The second kappa shape index (κ2) is 11.0. The van der Waals surface area contributed by atoms with Gasteiger partial charge in [0.1, 0.15) is 4.53 Å². The van der Waals surface area contributed by atoms with Gasteiger partial charge in [-0.05, 0) is 53.6 Å². The number of rotatable bonds is 6. The molecule has 0 radical (unpaired) electrons. The van der Waals surface area contributed by atoms with E-state index in [0.717, 1.165) is 36.4 Å². The van der Waals surface area contributed by atoms with Crippen molar-refractivity contribution in [3.8, 4) is 11.3 Å². The van der Waals surface area contributed by atoms with E-state index in [4.69, 9.17) is 0 Å². The molecule has 2 heterocycles. The lowest BCUT2D eigenvalue weighted by Gasteiger charge is -1.95. The summed E-state index contributed by atoms with van der Waals surface area (Å²) < 4.78 is 3.87. The van der Waals surface area contributed by atoms with Gasteiger partial charge < -0.3 is 17.0 Å². The Hall–Kier alpha value is -4.33. The number of nitrogens with zero attached hydrogens (tertiary/aromatic N) is 4. The minimum atomic E-state index is -0.458. The number of fused-ring (bicyclic) bond motifs is 1. The zero-order valence-electron chi connectivity index (χ0n) is 19.1. The largest absolute Gasteiger partial charge is 1.00 e. The summed E-state index contributed by atoms with van der Waals surface area (Å²) >= 11 is 3.04. The lowest BCUT2D eigenvalue weighted by molar-refractivity contribution is -0.506. The average molecular weight is 611 g/mol. The van der Waals surface area contributed by atoms with Gasteiger partial charge in [0.15, 0.2) is 0 Å². The molecule has 0 spiro atoms. The summed E-state index contributed by atoms with van der Waals surface area (Å²) in [6, 6.07) is 18.7. The van der Waals surface area contributed by atoms with Crippen molar-refractivity contribution in [2.45, 2.75) is 0 Å². The fourth-order valence-corrected chi connectivity index (χ4v) is 6.04. The number of halogens is 1. The van der Waals surface area contributed by atoms with Crippen molar-refractivity contribution < 1.29 is 36.2 Å². The van der Waals surface area contributed by atoms with Gasteiger partial charge >= 0.3 is 4.14 Å². The zero-order valence-corrected chi connectivity index (χ0v) is 22.3. The zero-order chi connectivity index (χ0) is 26.1. The molecule has 38 heavy (non-hydrogen) atoms. The van der Waals surface area contributed by atoms with Crippen molar-refractivity contribution in [3.63, 3.8) is 0 Å². The Bertz CT molecular complexity index is 1800. The number of nitro groups is 3. The van der Waals surface area contributed by atoms with E-state index in [1.165, 1.54) is 59.1 Å². The molecule has 190 valence electrons. The first-order valence-electron chi connectivity index (χ1n) is 10.7. The van der Waals surface area contributed by atoms with Crippen molar-refractivity contribution in [2.75, 3.05) is 0 Å². The number of nitro benzene ring substituents is 3. The fourth-order valence-electron chi connectivity index (χ4n) is 3.75. The molecular formula is C25H15BrN4O6S2. The van der Waals surface area contributed by atoms with Crippen LogP contribution in [0.1, 0.15) is 11.1 Å². The summed E-state index contributed by atoms with van der Waals surface area (Å²) in [7, 11) is 0. The summed E-state index contributed by atoms with van der Waals surface area (Å²) in [5.41, 5.74) is 3.13. The molecule has 0 unspecified atom stereocenters. The van der Waals surface area contributed by atoms with E-state index < -0.39 is 14.8 Å². The third kappa shape index (κ3) is 5.34. The van der Waals surface area contributed by atoms with Crippen molar-refractivity contribution in [1.29, 1.82) is 0 Å². The molecule has 0 amide bonds. The van der Waals surface area contributed by atoms with Crippen LogP contribution in [0.3, 0.4) is 0 Å². The number of non-ortho nitro benzene ring substituents is 3. The highest BCUT2D eigenvalue weighted by Crippen LogP contribution is 2.24. The Kier molecular flexibility index (Phi) is 7.71. The molecule has 2 aromatic heterocycles. The van der Waals surface area contributed by atoms with Gasteiger partial charge in [0, 0.05) is 48.0 Å². The predicted octanol–water partition coefficient (Wildman–Crippen LogP) is 1.60. The van der Waals surface area contributed by atoms with Crippen molar-refractivity contribution >= 4 is 56.0 Å². The van der Waals surface area contributed by atoms with E-state index in [2.05, 4.69) is 0 Å². The van der Waals surface area contributed by atoms with Gasteiger partial charge in [0.25, 0.3) is 17.1 Å². The van der Waals surface area contributed by atoms with Crippen LogP contribution in [-0.4, -0.2) is 14.8 Å². The van der Waals surface area contributed by atoms with Gasteiger partial charge in [0.05, 0.1) is 20.1 Å². The van der Waals surface area contributed by atoms with Gasteiger partial charge in [0.2, 0.25) is 11.0 Å². The number of benzene rings is 3. The van der Waals surface area contributed by atoms with Crippen LogP contribution in [0, 0.1) is 30.3 Å². The van der Waals surface area contributed by atoms with Crippen LogP contribution in [0.25, 0.3) is 27.6 Å². The van der Waals surface area contributed by atoms with Crippen molar-refractivity contribution in [3.05, 3.63) is 130 Å². The summed E-state index contributed by atoms with van der Waals surface area (Å²) in [6.45, 7) is 0. The molecule has 5 rings (SSSR count). The van der Waals surface area contributed by atoms with Crippen LogP contribution in [0.15, 0.2) is 78.2 Å². The highest BCUT2D eigenvalue weighted by Gasteiger charge is 2.22. The number of thiazole rings is 2. The second-order valence-electron chi connectivity index (χ2n) is 7.86. The Labute approximate surface area is 232 Å². The van der Waals surface area contributed by atoms with Gasteiger partial charge in [-0.25, -0.2) is 0 Å². The molecule has 0 fully saturated rings. The van der Waals surface area contributed by atoms with E-state index in [0.29, 0.717) is 0 Å². The third-order valence-electron chi connectivity index (χ3n) is 5.57. The van der Waals surface area contributed by atoms with Crippen LogP contribution >= 0.6 is 22.7 Å². The summed E-state index contributed by atoms with van der Waals surface area (Å²) in [6.07, 6.45) is 3.83. The molecule has 0 aliphatic carbocycles. The normalized spacial score (nSPS) is 11.9. The fraction of sp³-hybridized carbons (Fsp3) is 0. The molecule has 0 bridgehead atoms. The van der Waals surface area contributed by atoms with Crippen LogP contribution in [0.4, 0.5) is 17.1 Å². The summed E-state index contributed by atoms with van der Waals surface area (Å²) in [4.78, 5) is 31.8. The maximum Gasteiger partial charge on any atom is 0.326 e. The quantitative estimate of drug-likeness (QED) is 0.163. The molecule has 0 atom stereocenters. The summed E-state index contributed by atoms with van der Waals surface area (Å²) in [5.74, 6) is 0. The molecule has 10 nitrogen and oxygen atoms in total. The molecule has 13 heteroatoms. The Morgan fingerprint density at radius 2 is 1.11 bits per heavy atom. The minimum Gasteiger partial charge on any atom is -1.00 e.